The molecule has 0 saturated carbocycles. The van der Waals surface area contributed by atoms with E-state index in [0.717, 1.165) is 34.7 Å². The highest BCUT2D eigenvalue weighted by molar-refractivity contribution is 5.75. The summed E-state index contributed by atoms with van der Waals surface area (Å²) in [5, 5.41) is 0. The second-order valence-corrected chi connectivity index (χ2v) is 3.57. The van der Waals surface area contributed by atoms with Gasteiger partial charge in [-0.1, -0.05) is 6.92 Å². The molecule has 0 saturated heterocycles. The van der Waals surface area contributed by atoms with Gasteiger partial charge in [0.05, 0.1) is 17.3 Å². The third kappa shape index (κ3) is 1.31. The van der Waals surface area contributed by atoms with Crippen molar-refractivity contribution in [3.8, 4) is 11.4 Å². The number of furan rings is 1. The lowest BCUT2D eigenvalue weighted by Crippen LogP contribution is -1.83. The van der Waals surface area contributed by atoms with E-state index in [0.29, 0.717) is 0 Å². The van der Waals surface area contributed by atoms with Crippen molar-refractivity contribution in [3.05, 3.63) is 36.4 Å². The molecule has 0 spiro atoms. The maximum absolute atomic E-state index is 5.38. The number of nitrogens with one attached hydrogen (secondary N) is 1. The minimum atomic E-state index is 0.737. The molecule has 4 nitrogen and oxygen atoms in total. The van der Waals surface area contributed by atoms with Crippen LogP contribution < -0.4 is 0 Å². The van der Waals surface area contributed by atoms with Crippen molar-refractivity contribution in [2.45, 2.75) is 13.3 Å². The molecule has 0 aliphatic heterocycles. The molecule has 3 rings (SSSR count). The first kappa shape index (κ1) is 9.15. The van der Waals surface area contributed by atoms with Crippen molar-refractivity contribution in [3.63, 3.8) is 0 Å². The Labute approximate surface area is 92.3 Å². The van der Waals surface area contributed by atoms with Crippen LogP contribution in [0.25, 0.3) is 22.6 Å². The highest BCUT2D eigenvalue weighted by Gasteiger charge is 2.11. The topological polar surface area (TPSA) is 54.7 Å². The molecule has 16 heavy (non-hydrogen) atoms. The number of hydrogen-bond donors (Lipinski definition) is 1. The fraction of sp³-hybridized carbons (Fsp3) is 0.167. The van der Waals surface area contributed by atoms with Crippen LogP contribution in [0.2, 0.25) is 0 Å². The largest absolute Gasteiger partial charge is 0.469 e. The molecule has 0 radical (unpaired) electrons. The van der Waals surface area contributed by atoms with Gasteiger partial charge < -0.3 is 9.40 Å². The Kier molecular flexibility index (Phi) is 1.99. The fourth-order valence-electron chi connectivity index (χ4n) is 1.80. The van der Waals surface area contributed by atoms with Gasteiger partial charge in [-0.15, -0.1) is 0 Å². The highest BCUT2D eigenvalue weighted by Crippen LogP contribution is 2.24. The molecule has 0 aliphatic rings. The van der Waals surface area contributed by atoms with Gasteiger partial charge in [-0.05, 0) is 18.2 Å². The van der Waals surface area contributed by atoms with E-state index in [-0.39, 0.29) is 0 Å². The van der Waals surface area contributed by atoms with Crippen LogP contribution >= 0.6 is 0 Å². The standard InChI is InChI=1S/C12H11N3O/c1-2-10-8(5-7-16-10)11-14-9-4-3-6-13-12(9)15-11/h3-7H,2H2,1H3,(H,13,14,15). The molecule has 1 N–H and O–H groups in total. The number of imidazole rings is 1. The van der Waals surface area contributed by atoms with Crippen molar-refractivity contribution in [2.24, 2.45) is 0 Å². The van der Waals surface area contributed by atoms with Gasteiger partial charge in [-0.3, -0.25) is 0 Å². The molecular formula is C12H11N3O. The predicted octanol–water partition coefficient (Wildman–Crippen LogP) is 2.78. The number of nitrogens with zero attached hydrogens (tertiary/aromatic N) is 2. The van der Waals surface area contributed by atoms with Crippen LogP contribution in [-0.4, -0.2) is 15.0 Å². The number of pyridine rings is 1. The molecule has 0 bridgehead atoms. The zero-order chi connectivity index (χ0) is 11.0. The van der Waals surface area contributed by atoms with Crippen molar-refractivity contribution in [2.75, 3.05) is 0 Å². The van der Waals surface area contributed by atoms with Crippen LogP contribution in [0.1, 0.15) is 12.7 Å². The zero-order valence-corrected chi connectivity index (χ0v) is 8.90. The van der Waals surface area contributed by atoms with Gasteiger partial charge in [0.1, 0.15) is 11.6 Å². The molecule has 80 valence electrons. The lowest BCUT2D eigenvalue weighted by atomic mass is 10.2. The summed E-state index contributed by atoms with van der Waals surface area (Å²) in [6.45, 7) is 2.06. The second kappa shape index (κ2) is 3.48. The molecule has 0 amide bonds. The summed E-state index contributed by atoms with van der Waals surface area (Å²) in [5.74, 6) is 1.76. The minimum absolute atomic E-state index is 0.737. The van der Waals surface area contributed by atoms with Crippen LogP contribution in [0.15, 0.2) is 35.1 Å². The van der Waals surface area contributed by atoms with E-state index >= 15 is 0 Å². The number of hydrogen-bond acceptors (Lipinski definition) is 3. The first-order chi connectivity index (χ1) is 7.88. The predicted molar refractivity (Wildman–Crippen MR) is 61.0 cm³/mol. The smallest absolute Gasteiger partial charge is 0.178 e. The fourth-order valence-corrected chi connectivity index (χ4v) is 1.80. The van der Waals surface area contributed by atoms with E-state index in [2.05, 4.69) is 21.9 Å². The number of aromatic nitrogens is 3. The van der Waals surface area contributed by atoms with E-state index in [1.54, 1.807) is 12.5 Å². The molecule has 3 heterocycles. The van der Waals surface area contributed by atoms with Gasteiger partial charge in [0.2, 0.25) is 0 Å². The number of rotatable bonds is 2. The molecule has 4 heteroatoms. The number of aromatic amines is 1. The van der Waals surface area contributed by atoms with E-state index < -0.39 is 0 Å². The number of aryl methyl sites for hydroxylation is 1. The Bertz CT molecular complexity index is 591. The molecule has 3 aromatic rings. The van der Waals surface area contributed by atoms with E-state index in [1.165, 1.54) is 0 Å². The van der Waals surface area contributed by atoms with E-state index in [9.17, 15) is 0 Å². The van der Waals surface area contributed by atoms with E-state index in [1.807, 2.05) is 18.2 Å². The van der Waals surface area contributed by atoms with Crippen LogP contribution in [0.4, 0.5) is 0 Å². The highest BCUT2D eigenvalue weighted by atomic mass is 16.3. The summed E-state index contributed by atoms with van der Waals surface area (Å²) in [6, 6.07) is 5.78. The maximum Gasteiger partial charge on any atom is 0.178 e. The van der Waals surface area contributed by atoms with E-state index in [4.69, 9.17) is 4.42 Å². The van der Waals surface area contributed by atoms with Gasteiger partial charge in [0.15, 0.2) is 5.65 Å². The van der Waals surface area contributed by atoms with Gasteiger partial charge >= 0.3 is 0 Å². The van der Waals surface area contributed by atoms with Gasteiger partial charge in [0.25, 0.3) is 0 Å². The summed E-state index contributed by atoms with van der Waals surface area (Å²) in [4.78, 5) is 11.9. The van der Waals surface area contributed by atoms with Crippen LogP contribution in [0.3, 0.4) is 0 Å². The Morgan fingerprint density at radius 2 is 2.31 bits per heavy atom. The van der Waals surface area contributed by atoms with Gasteiger partial charge in [0, 0.05) is 12.6 Å². The molecule has 3 aromatic heterocycles. The first-order valence-electron chi connectivity index (χ1n) is 5.26. The number of fused-ring (bicyclic) bond motifs is 1. The van der Waals surface area contributed by atoms with Gasteiger partial charge in [-0.25, -0.2) is 9.97 Å². The Hall–Kier alpha value is -2.10. The third-order valence-corrected chi connectivity index (χ3v) is 2.58. The third-order valence-electron chi connectivity index (χ3n) is 2.58. The number of H-pyrrole nitrogens is 1. The monoisotopic (exact) mass is 213 g/mol. The Morgan fingerprint density at radius 3 is 3.12 bits per heavy atom. The quantitative estimate of drug-likeness (QED) is 0.712. The average molecular weight is 213 g/mol. The van der Waals surface area contributed by atoms with Gasteiger partial charge in [-0.2, -0.15) is 0 Å². The summed E-state index contributed by atoms with van der Waals surface area (Å²) in [5.41, 5.74) is 2.70. The molecule has 0 aliphatic carbocycles. The molecule has 0 unspecified atom stereocenters. The molecule has 0 fully saturated rings. The molecular weight excluding hydrogens is 202 g/mol. The Morgan fingerprint density at radius 1 is 1.38 bits per heavy atom. The molecule has 0 atom stereocenters. The van der Waals surface area contributed by atoms with Crippen LogP contribution in [0.5, 0.6) is 0 Å². The first-order valence-corrected chi connectivity index (χ1v) is 5.26. The normalized spacial score (nSPS) is 11.1. The minimum Gasteiger partial charge on any atom is -0.469 e. The summed E-state index contributed by atoms with van der Waals surface area (Å²) >= 11 is 0. The second-order valence-electron chi connectivity index (χ2n) is 3.57. The van der Waals surface area contributed by atoms with Crippen molar-refractivity contribution < 1.29 is 4.42 Å². The van der Waals surface area contributed by atoms with Crippen molar-refractivity contribution >= 4 is 11.2 Å². The van der Waals surface area contributed by atoms with Crippen LogP contribution in [-0.2, 0) is 6.42 Å². The average Bonchev–Trinajstić information content (AvgIpc) is 2.94. The summed E-state index contributed by atoms with van der Waals surface area (Å²) < 4.78 is 5.38. The Balaban J connectivity index is 2.19. The SMILES string of the molecule is CCc1occc1-c1nc2ncccc2[nH]1. The zero-order valence-electron chi connectivity index (χ0n) is 8.90. The maximum atomic E-state index is 5.38. The lowest BCUT2D eigenvalue weighted by Gasteiger charge is -1.94. The summed E-state index contributed by atoms with van der Waals surface area (Å²) in [7, 11) is 0. The lowest BCUT2D eigenvalue weighted by molar-refractivity contribution is 0.517. The van der Waals surface area contributed by atoms with Crippen molar-refractivity contribution in [1.29, 1.82) is 0 Å². The summed E-state index contributed by atoms with van der Waals surface area (Å²) in [6.07, 6.45) is 4.28. The van der Waals surface area contributed by atoms with Crippen LogP contribution in [0, 0.1) is 0 Å². The molecule has 0 aromatic carbocycles. The van der Waals surface area contributed by atoms with Crippen molar-refractivity contribution in [1.82, 2.24) is 15.0 Å².